The van der Waals surface area contributed by atoms with Gasteiger partial charge in [0.25, 0.3) is 0 Å². The summed E-state index contributed by atoms with van der Waals surface area (Å²) in [5.41, 5.74) is 7.26. The fourth-order valence-corrected chi connectivity index (χ4v) is 2.98. The van der Waals surface area contributed by atoms with Crippen LogP contribution in [0.25, 0.3) is 0 Å². The van der Waals surface area contributed by atoms with Crippen LogP contribution in [-0.2, 0) is 16.1 Å². The zero-order chi connectivity index (χ0) is 14.9. The Bertz CT molecular complexity index is 626. The lowest BCUT2D eigenvalue weighted by Gasteiger charge is -2.16. The van der Waals surface area contributed by atoms with E-state index >= 15 is 0 Å². The van der Waals surface area contributed by atoms with Crippen molar-refractivity contribution in [3.63, 3.8) is 0 Å². The van der Waals surface area contributed by atoms with Crippen LogP contribution >= 0.6 is 23.2 Å². The van der Waals surface area contributed by atoms with Crippen molar-refractivity contribution < 1.29 is 4.79 Å². The second kappa shape index (κ2) is 6.22. The van der Waals surface area contributed by atoms with Crippen molar-refractivity contribution in [2.24, 2.45) is 20.4 Å². The number of nitrogens with one attached hydrogen (secondary N) is 1. The van der Waals surface area contributed by atoms with Gasteiger partial charge in [-0.2, -0.15) is 8.73 Å². The number of benzene rings is 1. The molecule has 1 aromatic rings. The number of hydrogen-bond donors (Lipinski definition) is 2. The van der Waals surface area contributed by atoms with Crippen LogP contribution in [0.2, 0.25) is 10.0 Å². The Morgan fingerprint density at radius 1 is 1.35 bits per heavy atom. The van der Waals surface area contributed by atoms with Crippen molar-refractivity contribution in [3.05, 3.63) is 16.1 Å². The zero-order valence-corrected chi connectivity index (χ0v) is 13.3. The van der Waals surface area contributed by atoms with E-state index in [1.165, 1.54) is 6.07 Å². The molecular formula is C12H14Cl2N4OS. The number of nitrogens with two attached hydrogens (primary N) is 1. The van der Waals surface area contributed by atoms with E-state index in [1.54, 1.807) is 0 Å². The third-order valence-electron chi connectivity index (χ3n) is 2.75. The first-order chi connectivity index (χ1) is 9.40. The molecule has 8 heteroatoms. The van der Waals surface area contributed by atoms with Crippen molar-refractivity contribution in [1.29, 1.82) is 0 Å². The molecule has 3 N–H and O–H groups in total. The Balaban J connectivity index is 2.25. The molecule has 1 aliphatic rings. The van der Waals surface area contributed by atoms with E-state index in [-0.39, 0.29) is 5.91 Å². The van der Waals surface area contributed by atoms with E-state index in [4.69, 9.17) is 28.9 Å². The standard InChI is InChI=1S/C12H14Cl2N4OS/c1-5(2)3-8(15)12(19)16-9-6(13)4-7(14)10-11(9)18-20-17-10/h4-5,8H,3,15H2,1-2H3,(H,16,19)/t8-/m0/s1. The Labute approximate surface area is 130 Å². The van der Waals surface area contributed by atoms with Crippen molar-refractivity contribution in [3.8, 4) is 0 Å². The van der Waals surface area contributed by atoms with Crippen LogP contribution in [0.3, 0.4) is 0 Å². The lowest BCUT2D eigenvalue weighted by atomic mass is 10.0. The van der Waals surface area contributed by atoms with Crippen molar-refractivity contribution in [2.75, 3.05) is 5.32 Å². The molecule has 0 aliphatic carbocycles. The molecular weight excluding hydrogens is 319 g/mol. The highest BCUT2D eigenvalue weighted by Gasteiger charge is 2.22. The fraction of sp³-hybridized carbons (Fsp3) is 0.417. The maximum absolute atomic E-state index is 12.1. The normalized spacial score (nSPS) is 14.1. The third-order valence-corrected chi connectivity index (χ3v) is 3.87. The lowest BCUT2D eigenvalue weighted by Crippen LogP contribution is -2.36. The SMILES string of the molecule is CC(C)C[C@H](N)C(=O)Nc1c(Cl)cc(Cl)c2c1N=S=N2. The molecule has 1 atom stereocenters. The van der Waals surface area contributed by atoms with Crippen LogP contribution < -0.4 is 11.1 Å². The fourth-order valence-electron chi connectivity index (χ4n) is 1.82. The van der Waals surface area contributed by atoms with Crippen LogP contribution in [0, 0.1) is 5.92 Å². The quantitative estimate of drug-likeness (QED) is 0.886. The molecule has 0 saturated carbocycles. The highest BCUT2D eigenvalue weighted by Crippen LogP contribution is 2.47. The summed E-state index contributed by atoms with van der Waals surface area (Å²) in [5.74, 6) is 0.0367. The second-order valence-corrected chi connectivity index (χ2v) is 6.24. The van der Waals surface area contributed by atoms with Gasteiger partial charge in [-0.05, 0) is 18.4 Å². The molecule has 0 fully saturated rings. The van der Waals surface area contributed by atoms with E-state index in [1.807, 2.05) is 13.8 Å². The van der Waals surface area contributed by atoms with Crippen LogP contribution in [0.5, 0.6) is 0 Å². The van der Waals surface area contributed by atoms with Gasteiger partial charge < -0.3 is 11.1 Å². The minimum Gasteiger partial charge on any atom is -0.322 e. The van der Waals surface area contributed by atoms with E-state index in [0.717, 1.165) is 11.4 Å². The largest absolute Gasteiger partial charge is 0.322 e. The van der Waals surface area contributed by atoms with Crippen molar-refractivity contribution in [2.45, 2.75) is 26.3 Å². The molecule has 0 spiro atoms. The Morgan fingerprint density at radius 2 is 2.00 bits per heavy atom. The first-order valence-electron chi connectivity index (χ1n) is 6.07. The van der Waals surface area contributed by atoms with Gasteiger partial charge in [0, 0.05) is 0 Å². The summed E-state index contributed by atoms with van der Waals surface area (Å²) < 4.78 is 8.20. The number of carbonyl (C=O) groups excluding carboxylic acids is 1. The molecule has 0 saturated heterocycles. The van der Waals surface area contributed by atoms with Gasteiger partial charge in [0.2, 0.25) is 5.91 Å². The number of nitrogens with zero attached hydrogens (tertiary/aromatic N) is 2. The molecule has 1 aliphatic heterocycles. The molecule has 0 bridgehead atoms. The van der Waals surface area contributed by atoms with Crippen LogP contribution in [-0.4, -0.2) is 11.9 Å². The average molecular weight is 333 g/mol. The van der Waals surface area contributed by atoms with E-state index in [2.05, 4.69) is 14.0 Å². The van der Waals surface area contributed by atoms with E-state index in [0.29, 0.717) is 39.4 Å². The number of anilines is 1. The third kappa shape index (κ3) is 3.20. The summed E-state index contributed by atoms with van der Waals surface area (Å²) in [6.45, 7) is 4.01. The minimum atomic E-state index is -0.594. The highest BCUT2D eigenvalue weighted by atomic mass is 35.5. The minimum absolute atomic E-state index is 0.294. The monoisotopic (exact) mass is 332 g/mol. The van der Waals surface area contributed by atoms with Crippen molar-refractivity contribution in [1.82, 2.24) is 0 Å². The van der Waals surface area contributed by atoms with Gasteiger partial charge in [0.15, 0.2) is 0 Å². The predicted octanol–water partition coefficient (Wildman–Crippen LogP) is 4.03. The summed E-state index contributed by atoms with van der Waals surface area (Å²) in [7, 11) is 0. The smallest absolute Gasteiger partial charge is 0.241 e. The Hall–Kier alpha value is -0.950. The highest BCUT2D eigenvalue weighted by molar-refractivity contribution is 7.58. The van der Waals surface area contributed by atoms with Crippen molar-refractivity contribution >= 4 is 57.5 Å². The van der Waals surface area contributed by atoms with Gasteiger partial charge in [0.05, 0.1) is 33.1 Å². The van der Waals surface area contributed by atoms with Gasteiger partial charge in [-0.15, -0.1) is 0 Å². The average Bonchev–Trinajstić information content (AvgIpc) is 2.82. The Morgan fingerprint density at radius 3 is 2.65 bits per heavy atom. The van der Waals surface area contributed by atoms with Crippen LogP contribution in [0.15, 0.2) is 14.8 Å². The molecule has 20 heavy (non-hydrogen) atoms. The van der Waals surface area contributed by atoms with Gasteiger partial charge in [0.1, 0.15) is 11.4 Å². The van der Waals surface area contributed by atoms with Gasteiger partial charge in [-0.1, -0.05) is 37.0 Å². The first kappa shape index (κ1) is 15.4. The molecule has 1 heterocycles. The number of carbonyl (C=O) groups is 1. The lowest BCUT2D eigenvalue weighted by molar-refractivity contribution is -0.117. The summed E-state index contributed by atoms with van der Waals surface area (Å²) in [5, 5.41) is 3.45. The maximum Gasteiger partial charge on any atom is 0.241 e. The number of rotatable bonds is 4. The zero-order valence-electron chi connectivity index (χ0n) is 11.0. The predicted molar refractivity (Wildman–Crippen MR) is 84.1 cm³/mol. The molecule has 1 amide bonds. The maximum atomic E-state index is 12.1. The molecule has 1 aromatic carbocycles. The molecule has 0 aromatic heterocycles. The number of fused-ring (bicyclic) bond motifs is 1. The van der Waals surface area contributed by atoms with Gasteiger partial charge in [-0.25, -0.2) is 0 Å². The van der Waals surface area contributed by atoms with Crippen LogP contribution in [0.1, 0.15) is 20.3 Å². The molecule has 0 radical (unpaired) electrons. The number of hydrogen-bond acceptors (Lipinski definition) is 4. The molecule has 5 nitrogen and oxygen atoms in total. The Kier molecular flexibility index (Phi) is 4.80. The van der Waals surface area contributed by atoms with E-state index < -0.39 is 6.04 Å². The first-order valence-corrected chi connectivity index (χ1v) is 7.55. The number of halogens is 2. The summed E-state index contributed by atoms with van der Waals surface area (Å²) >= 11 is 13.2. The van der Waals surface area contributed by atoms with Gasteiger partial charge >= 0.3 is 0 Å². The van der Waals surface area contributed by atoms with Gasteiger partial charge in [-0.3, -0.25) is 4.79 Å². The summed E-state index contributed by atoms with van der Waals surface area (Å²) in [6, 6.07) is 0.944. The molecule has 108 valence electrons. The summed E-state index contributed by atoms with van der Waals surface area (Å²) in [6.07, 6.45) is 0.593. The molecule has 0 unspecified atom stereocenters. The molecule has 2 rings (SSSR count). The van der Waals surface area contributed by atoms with Crippen LogP contribution in [0.4, 0.5) is 17.1 Å². The topological polar surface area (TPSA) is 79.8 Å². The number of amides is 1. The second-order valence-electron chi connectivity index (χ2n) is 4.90. The summed E-state index contributed by atoms with van der Waals surface area (Å²) in [4.78, 5) is 12.1. The van der Waals surface area contributed by atoms with E-state index in [9.17, 15) is 4.79 Å².